The number of hydrogen-bond acceptors (Lipinski definition) is 3. The third-order valence-corrected chi connectivity index (χ3v) is 6.48. The molecule has 3 aliphatic heterocycles. The van der Waals surface area contributed by atoms with Crippen LogP contribution >= 0.6 is 0 Å². The molecular weight excluding hydrogens is 238 g/mol. The van der Waals surface area contributed by atoms with Gasteiger partial charge in [0.05, 0.1) is 6.10 Å². The van der Waals surface area contributed by atoms with E-state index in [1.165, 1.54) is 45.2 Å². The number of hydrogen-bond donors (Lipinski definition) is 1. The zero-order chi connectivity index (χ0) is 13.0. The molecule has 0 aromatic rings. The van der Waals surface area contributed by atoms with Gasteiger partial charge in [0.15, 0.2) is 6.29 Å². The number of fused-ring (bicyclic) bond motifs is 2. The summed E-state index contributed by atoms with van der Waals surface area (Å²) < 4.78 is 5.95. The standard InChI is InChI=1S/C16H27NO2/c1-2-10-11-5-3-4-7-17-8-6-12(15(11)17)13-9-14(18)19-16(10)13/h10-16,18H,2-9H2,1H3/t10-,11-,12+,13+,14?,15-,16-/m1/s1. The van der Waals surface area contributed by atoms with E-state index in [0.29, 0.717) is 17.9 Å². The fourth-order valence-corrected chi connectivity index (χ4v) is 5.88. The van der Waals surface area contributed by atoms with Crippen molar-refractivity contribution in [1.29, 1.82) is 0 Å². The largest absolute Gasteiger partial charge is 0.368 e. The first-order valence-corrected chi connectivity index (χ1v) is 8.37. The highest BCUT2D eigenvalue weighted by atomic mass is 16.6. The fourth-order valence-electron chi connectivity index (χ4n) is 5.88. The zero-order valence-electron chi connectivity index (χ0n) is 12.0. The summed E-state index contributed by atoms with van der Waals surface area (Å²) in [4.78, 5) is 2.78. The van der Waals surface area contributed by atoms with Gasteiger partial charge in [-0.1, -0.05) is 19.8 Å². The maximum Gasteiger partial charge on any atom is 0.155 e. The van der Waals surface area contributed by atoms with Crippen molar-refractivity contribution < 1.29 is 9.84 Å². The average Bonchev–Trinajstić information content (AvgIpc) is 2.91. The maximum absolute atomic E-state index is 9.95. The number of rotatable bonds is 1. The summed E-state index contributed by atoms with van der Waals surface area (Å²) in [6.45, 7) is 4.93. The van der Waals surface area contributed by atoms with Crippen LogP contribution in [-0.2, 0) is 4.74 Å². The summed E-state index contributed by atoms with van der Waals surface area (Å²) in [6.07, 6.45) is 7.48. The molecule has 0 amide bonds. The van der Waals surface area contributed by atoms with Crippen molar-refractivity contribution >= 4 is 0 Å². The molecule has 4 aliphatic rings. The van der Waals surface area contributed by atoms with E-state index in [-0.39, 0.29) is 0 Å². The molecule has 7 atom stereocenters. The van der Waals surface area contributed by atoms with E-state index in [0.717, 1.165) is 24.3 Å². The minimum Gasteiger partial charge on any atom is -0.368 e. The van der Waals surface area contributed by atoms with Gasteiger partial charge < -0.3 is 9.84 Å². The molecule has 108 valence electrons. The van der Waals surface area contributed by atoms with Crippen LogP contribution in [0.2, 0.25) is 0 Å². The van der Waals surface area contributed by atoms with Gasteiger partial charge in [-0.25, -0.2) is 0 Å². The van der Waals surface area contributed by atoms with Gasteiger partial charge in [0.1, 0.15) is 0 Å². The molecule has 4 fully saturated rings. The molecule has 3 nitrogen and oxygen atoms in total. The van der Waals surface area contributed by atoms with Crippen molar-refractivity contribution in [3.63, 3.8) is 0 Å². The number of aliphatic hydroxyl groups is 1. The van der Waals surface area contributed by atoms with Gasteiger partial charge in [0, 0.05) is 12.5 Å². The first kappa shape index (κ1) is 12.6. The third kappa shape index (κ3) is 1.81. The topological polar surface area (TPSA) is 32.7 Å². The van der Waals surface area contributed by atoms with Crippen molar-refractivity contribution in [3.8, 4) is 0 Å². The first-order valence-electron chi connectivity index (χ1n) is 8.37. The molecule has 1 unspecified atom stereocenters. The second-order valence-electron chi connectivity index (χ2n) is 7.17. The SMILES string of the molecule is CC[C@@H]1[C@H]2CCCCN3CC[C@@H]([C@@H]4CC(O)O[C@H]14)[C@@H]23. The second-order valence-corrected chi connectivity index (χ2v) is 7.17. The van der Waals surface area contributed by atoms with E-state index in [4.69, 9.17) is 4.74 Å². The number of aliphatic hydroxyl groups excluding tert-OH is 1. The smallest absolute Gasteiger partial charge is 0.155 e. The first-order chi connectivity index (χ1) is 9.29. The van der Waals surface area contributed by atoms with Crippen LogP contribution in [0.15, 0.2) is 0 Å². The van der Waals surface area contributed by atoms with Crippen LogP contribution in [0, 0.1) is 23.7 Å². The summed E-state index contributed by atoms with van der Waals surface area (Å²) in [6, 6.07) is 0.808. The minimum atomic E-state index is -0.486. The van der Waals surface area contributed by atoms with Crippen molar-refractivity contribution in [2.75, 3.05) is 13.1 Å². The van der Waals surface area contributed by atoms with Crippen LogP contribution < -0.4 is 0 Å². The molecule has 19 heavy (non-hydrogen) atoms. The van der Waals surface area contributed by atoms with E-state index >= 15 is 0 Å². The van der Waals surface area contributed by atoms with E-state index in [1.54, 1.807) is 0 Å². The predicted molar refractivity (Wildman–Crippen MR) is 73.6 cm³/mol. The van der Waals surface area contributed by atoms with Crippen molar-refractivity contribution in [3.05, 3.63) is 0 Å². The highest BCUT2D eigenvalue weighted by molar-refractivity contribution is 5.07. The lowest BCUT2D eigenvalue weighted by Crippen LogP contribution is -2.52. The van der Waals surface area contributed by atoms with Crippen LogP contribution in [-0.4, -0.2) is 41.5 Å². The van der Waals surface area contributed by atoms with Crippen molar-refractivity contribution in [2.45, 2.75) is 63.9 Å². The maximum atomic E-state index is 9.95. The lowest BCUT2D eigenvalue weighted by molar-refractivity contribution is -0.133. The Kier molecular flexibility index (Phi) is 3.13. The van der Waals surface area contributed by atoms with E-state index < -0.39 is 6.29 Å². The molecule has 1 aliphatic carbocycles. The molecule has 1 saturated carbocycles. The summed E-state index contributed by atoms with van der Waals surface area (Å²) >= 11 is 0. The zero-order valence-corrected chi connectivity index (χ0v) is 12.0. The molecule has 0 bridgehead atoms. The molecule has 0 spiro atoms. The molecule has 0 radical (unpaired) electrons. The van der Waals surface area contributed by atoms with Gasteiger partial charge in [0.2, 0.25) is 0 Å². The van der Waals surface area contributed by atoms with Crippen LogP contribution in [0.25, 0.3) is 0 Å². The second kappa shape index (κ2) is 4.71. The van der Waals surface area contributed by atoms with Gasteiger partial charge in [-0.3, -0.25) is 4.90 Å². The molecule has 3 heterocycles. The van der Waals surface area contributed by atoms with Gasteiger partial charge in [-0.15, -0.1) is 0 Å². The number of nitrogens with zero attached hydrogens (tertiary/aromatic N) is 1. The van der Waals surface area contributed by atoms with Crippen molar-refractivity contribution in [1.82, 2.24) is 4.90 Å². The number of ether oxygens (including phenoxy) is 1. The van der Waals surface area contributed by atoms with E-state index in [1.807, 2.05) is 0 Å². The quantitative estimate of drug-likeness (QED) is 0.789. The Labute approximate surface area is 116 Å². The van der Waals surface area contributed by atoms with Gasteiger partial charge in [-0.05, 0) is 56.0 Å². The molecule has 3 heteroatoms. The summed E-state index contributed by atoms with van der Waals surface area (Å²) in [5, 5.41) is 9.95. The lowest BCUT2D eigenvalue weighted by Gasteiger charge is -2.48. The average molecular weight is 265 g/mol. The Balaban J connectivity index is 1.69. The Morgan fingerprint density at radius 3 is 2.84 bits per heavy atom. The lowest BCUT2D eigenvalue weighted by atomic mass is 9.62. The van der Waals surface area contributed by atoms with E-state index in [9.17, 15) is 5.11 Å². The summed E-state index contributed by atoms with van der Waals surface area (Å²) in [5.74, 6) is 2.94. The molecule has 0 aromatic heterocycles. The Hall–Kier alpha value is -0.120. The Morgan fingerprint density at radius 2 is 2.00 bits per heavy atom. The molecule has 0 aromatic carbocycles. The van der Waals surface area contributed by atoms with Gasteiger partial charge in [0.25, 0.3) is 0 Å². The van der Waals surface area contributed by atoms with E-state index in [2.05, 4.69) is 11.8 Å². The normalized spacial score (nSPS) is 53.7. The Morgan fingerprint density at radius 1 is 1.11 bits per heavy atom. The Bertz CT molecular complexity index is 342. The highest BCUT2D eigenvalue weighted by Crippen LogP contribution is 2.54. The molecule has 4 rings (SSSR count). The fraction of sp³-hybridized carbons (Fsp3) is 1.00. The van der Waals surface area contributed by atoms with Crippen LogP contribution in [0.1, 0.15) is 45.4 Å². The molecule has 3 saturated heterocycles. The minimum absolute atomic E-state index is 0.351. The molecular formula is C16H27NO2. The van der Waals surface area contributed by atoms with Crippen LogP contribution in [0.4, 0.5) is 0 Å². The van der Waals surface area contributed by atoms with Gasteiger partial charge in [-0.2, -0.15) is 0 Å². The predicted octanol–water partition coefficient (Wildman–Crippen LogP) is 2.24. The highest BCUT2D eigenvalue weighted by Gasteiger charge is 2.57. The summed E-state index contributed by atoms with van der Waals surface area (Å²) in [7, 11) is 0. The molecule has 1 N–H and O–H groups in total. The van der Waals surface area contributed by atoms with Crippen LogP contribution in [0.3, 0.4) is 0 Å². The van der Waals surface area contributed by atoms with Gasteiger partial charge >= 0.3 is 0 Å². The summed E-state index contributed by atoms with van der Waals surface area (Å²) in [5.41, 5.74) is 0. The van der Waals surface area contributed by atoms with Crippen LogP contribution in [0.5, 0.6) is 0 Å². The van der Waals surface area contributed by atoms with Crippen molar-refractivity contribution in [2.24, 2.45) is 23.7 Å². The third-order valence-electron chi connectivity index (χ3n) is 6.48. The monoisotopic (exact) mass is 265 g/mol.